The van der Waals surface area contributed by atoms with Gasteiger partial charge in [0.1, 0.15) is 0 Å². The van der Waals surface area contributed by atoms with Gasteiger partial charge in [-0.05, 0) is 41.1 Å². The summed E-state index contributed by atoms with van der Waals surface area (Å²) in [4.78, 5) is 43.2. The number of allylic oxidation sites excluding steroid dienone is 1. The minimum atomic E-state index is -0.355. The van der Waals surface area contributed by atoms with Crippen LogP contribution in [0.25, 0.3) is 39.5 Å². The van der Waals surface area contributed by atoms with E-state index in [1.54, 1.807) is 18.2 Å². The fourth-order valence-electron chi connectivity index (χ4n) is 4.33. The van der Waals surface area contributed by atoms with Crippen LogP contribution in [0.2, 0.25) is 0 Å². The van der Waals surface area contributed by atoms with Crippen LogP contribution >= 0.6 is 0 Å². The molecule has 6 nitrogen and oxygen atoms in total. The van der Waals surface area contributed by atoms with Crippen molar-refractivity contribution in [2.75, 3.05) is 0 Å². The van der Waals surface area contributed by atoms with Crippen molar-refractivity contribution in [2.45, 2.75) is 6.92 Å². The van der Waals surface area contributed by atoms with Crippen LogP contribution in [0.1, 0.15) is 38.1 Å². The van der Waals surface area contributed by atoms with E-state index in [-0.39, 0.29) is 23.0 Å². The molecule has 0 N–H and O–H groups in total. The van der Waals surface area contributed by atoms with Gasteiger partial charge in [-0.2, -0.15) is 4.98 Å². The monoisotopic (exact) mass is 432 g/mol. The van der Waals surface area contributed by atoms with Crippen LogP contribution in [0.4, 0.5) is 0 Å². The summed E-state index contributed by atoms with van der Waals surface area (Å²) in [6.07, 6.45) is 1.45. The van der Waals surface area contributed by atoms with E-state index in [1.165, 1.54) is 17.6 Å². The molecule has 1 aliphatic carbocycles. The number of ketones is 2. The third-order valence-electron chi connectivity index (χ3n) is 5.88. The first-order chi connectivity index (χ1) is 16.0. The molecule has 5 aromatic rings. The Bertz CT molecular complexity index is 1610. The van der Waals surface area contributed by atoms with Crippen LogP contribution in [0.3, 0.4) is 0 Å². The number of aromatic nitrogens is 2. The molecule has 0 saturated carbocycles. The molecule has 0 fully saturated rings. The number of hydrogen-bond donors (Lipinski definition) is 0. The van der Waals surface area contributed by atoms with E-state index in [0.29, 0.717) is 33.9 Å². The van der Waals surface area contributed by atoms with Crippen molar-refractivity contribution in [1.29, 1.82) is 0 Å². The highest BCUT2D eigenvalue weighted by molar-refractivity contribution is 6.42. The summed E-state index contributed by atoms with van der Waals surface area (Å²) in [5.41, 5.74) is 2.67. The number of carbonyl (C=O) groups excluding carboxylic acids is 3. The first-order valence-corrected chi connectivity index (χ1v) is 10.4. The Hall–Kier alpha value is -4.58. The number of oxazole rings is 1. The average molecular weight is 432 g/mol. The maximum Gasteiger partial charge on any atom is 0.229 e. The van der Waals surface area contributed by atoms with Crippen LogP contribution in [0.15, 0.2) is 82.8 Å². The Balaban J connectivity index is 1.48. The molecule has 6 heteroatoms. The number of rotatable bonds is 2. The second-order valence-electron chi connectivity index (χ2n) is 7.96. The molecular weight excluding hydrogens is 416 g/mol. The molecule has 0 amide bonds. The van der Waals surface area contributed by atoms with Crippen molar-refractivity contribution >= 4 is 45.6 Å². The fourth-order valence-corrected chi connectivity index (χ4v) is 4.33. The van der Waals surface area contributed by atoms with Crippen LogP contribution in [-0.2, 0) is 0 Å². The zero-order valence-corrected chi connectivity index (χ0v) is 17.5. The summed E-state index contributed by atoms with van der Waals surface area (Å²) in [5, 5.41) is 1.78. The van der Waals surface area contributed by atoms with Crippen LogP contribution in [-0.4, -0.2) is 27.0 Å². The van der Waals surface area contributed by atoms with E-state index in [9.17, 15) is 14.4 Å². The maximum atomic E-state index is 13.1. The molecule has 0 spiro atoms. The predicted molar refractivity (Wildman–Crippen MR) is 124 cm³/mol. The molecule has 3 aromatic carbocycles. The van der Waals surface area contributed by atoms with Crippen molar-refractivity contribution in [3.63, 3.8) is 0 Å². The van der Waals surface area contributed by atoms with E-state index >= 15 is 0 Å². The molecule has 158 valence electrons. The third-order valence-corrected chi connectivity index (χ3v) is 5.88. The Morgan fingerprint density at radius 2 is 1.48 bits per heavy atom. The molecule has 2 aromatic heterocycles. The second-order valence-corrected chi connectivity index (χ2v) is 7.96. The van der Waals surface area contributed by atoms with E-state index < -0.39 is 0 Å². The van der Waals surface area contributed by atoms with E-state index in [0.717, 1.165) is 16.3 Å². The van der Waals surface area contributed by atoms with Crippen molar-refractivity contribution in [3.8, 4) is 11.5 Å². The van der Waals surface area contributed by atoms with Gasteiger partial charge in [0, 0.05) is 29.7 Å². The summed E-state index contributed by atoms with van der Waals surface area (Å²) in [7, 11) is 0. The van der Waals surface area contributed by atoms with Gasteiger partial charge in [0.05, 0.1) is 11.3 Å². The van der Waals surface area contributed by atoms with Crippen LogP contribution < -0.4 is 0 Å². The van der Waals surface area contributed by atoms with Crippen molar-refractivity contribution in [1.82, 2.24) is 9.55 Å². The molecule has 33 heavy (non-hydrogen) atoms. The van der Waals surface area contributed by atoms with Gasteiger partial charge in [-0.3, -0.25) is 19.0 Å². The lowest BCUT2D eigenvalue weighted by Crippen LogP contribution is -2.09. The highest BCUT2D eigenvalue weighted by Crippen LogP contribution is 2.33. The van der Waals surface area contributed by atoms with Crippen molar-refractivity contribution < 1.29 is 18.8 Å². The Morgan fingerprint density at radius 1 is 0.879 bits per heavy atom. The van der Waals surface area contributed by atoms with Crippen molar-refractivity contribution in [3.05, 3.63) is 95.2 Å². The summed E-state index contributed by atoms with van der Waals surface area (Å²) in [5.74, 6) is -0.619. The number of fused-ring (bicyclic) bond motifs is 3. The quantitative estimate of drug-likeness (QED) is 0.269. The molecule has 0 aliphatic heterocycles. The molecule has 1 aliphatic rings. The van der Waals surface area contributed by atoms with Gasteiger partial charge in [-0.1, -0.05) is 42.5 Å². The average Bonchev–Trinajstić information content (AvgIpc) is 3.44. The lowest BCUT2D eigenvalue weighted by Gasteiger charge is -2.02. The standard InChI is InChI=1S/C27H16N2O4/c1-15(30)29-19(14-23-26(29)28-27(33-23)16-7-3-2-4-8-16)13-22-24(31)20-11-17-9-5-6-10-18(17)12-21(20)25(22)32/h2-14H,1H3. The lowest BCUT2D eigenvalue weighted by atomic mass is 10.0. The van der Waals surface area contributed by atoms with Gasteiger partial charge < -0.3 is 4.42 Å². The first kappa shape index (κ1) is 19.1. The number of nitrogens with zero attached hydrogens (tertiary/aromatic N) is 2. The van der Waals surface area contributed by atoms with Gasteiger partial charge >= 0.3 is 0 Å². The minimum absolute atomic E-state index is 0.0197. The third kappa shape index (κ3) is 2.88. The zero-order valence-electron chi connectivity index (χ0n) is 17.5. The van der Waals surface area contributed by atoms with Gasteiger partial charge in [-0.25, -0.2) is 0 Å². The fraction of sp³-hybridized carbons (Fsp3) is 0.0370. The number of Topliss-reactive ketones (excluding diaryl/α,β-unsaturated/α-hetero) is 2. The summed E-state index contributed by atoms with van der Waals surface area (Å²) >= 11 is 0. The van der Waals surface area contributed by atoms with Crippen LogP contribution in [0, 0.1) is 0 Å². The molecule has 0 unspecified atom stereocenters. The van der Waals surface area contributed by atoms with Gasteiger partial charge in [0.15, 0.2) is 22.8 Å². The van der Waals surface area contributed by atoms with Gasteiger partial charge in [0.25, 0.3) is 0 Å². The largest absolute Gasteiger partial charge is 0.434 e. The summed E-state index contributed by atoms with van der Waals surface area (Å²) in [6, 6.07) is 22.1. The number of benzene rings is 3. The Morgan fingerprint density at radius 3 is 2.09 bits per heavy atom. The molecular formula is C27H16N2O4. The first-order valence-electron chi connectivity index (χ1n) is 10.4. The van der Waals surface area contributed by atoms with Gasteiger partial charge in [-0.15, -0.1) is 0 Å². The van der Waals surface area contributed by atoms with Gasteiger partial charge in [0.2, 0.25) is 11.8 Å². The normalized spacial score (nSPS) is 13.2. The molecule has 0 bridgehead atoms. The SMILES string of the molecule is CC(=O)n1c(C=C2C(=O)c3cc4ccccc4cc3C2=O)cc2oc(-c3ccccc3)nc21. The number of carbonyl (C=O) groups is 3. The number of hydrogen-bond acceptors (Lipinski definition) is 5. The highest BCUT2D eigenvalue weighted by atomic mass is 16.3. The van der Waals surface area contributed by atoms with E-state index in [1.807, 2.05) is 54.6 Å². The van der Waals surface area contributed by atoms with E-state index in [4.69, 9.17) is 4.42 Å². The topological polar surface area (TPSA) is 82.2 Å². The second kappa shape index (κ2) is 6.97. The predicted octanol–water partition coefficient (Wildman–Crippen LogP) is 5.57. The molecule has 6 rings (SSSR count). The maximum absolute atomic E-state index is 13.1. The Labute approximate surface area is 187 Å². The Kier molecular flexibility index (Phi) is 4.04. The molecule has 2 heterocycles. The van der Waals surface area contributed by atoms with Crippen LogP contribution in [0.5, 0.6) is 0 Å². The lowest BCUT2D eigenvalue weighted by molar-refractivity contribution is 0.0936. The van der Waals surface area contributed by atoms with Crippen molar-refractivity contribution in [2.24, 2.45) is 0 Å². The molecule has 0 saturated heterocycles. The highest BCUT2D eigenvalue weighted by Gasteiger charge is 2.34. The molecule has 0 atom stereocenters. The zero-order chi connectivity index (χ0) is 22.7. The summed E-state index contributed by atoms with van der Waals surface area (Å²) in [6.45, 7) is 1.40. The van der Waals surface area contributed by atoms with E-state index in [2.05, 4.69) is 4.98 Å². The minimum Gasteiger partial charge on any atom is -0.434 e. The molecule has 0 radical (unpaired) electrons. The summed E-state index contributed by atoms with van der Waals surface area (Å²) < 4.78 is 7.23. The smallest absolute Gasteiger partial charge is 0.229 e.